The molecular weight excluding hydrogens is 370 g/mol. The maximum Gasteiger partial charge on any atom is 0.303 e. The van der Waals surface area contributed by atoms with Crippen molar-refractivity contribution in [3.63, 3.8) is 0 Å². The number of nitrogens with zero attached hydrogens (tertiary/aromatic N) is 4. The highest BCUT2D eigenvalue weighted by molar-refractivity contribution is 5.78. The summed E-state index contributed by atoms with van der Waals surface area (Å²) < 4.78 is 6.96. The van der Waals surface area contributed by atoms with Gasteiger partial charge in [0.05, 0.1) is 25.2 Å². The zero-order chi connectivity index (χ0) is 20.5. The van der Waals surface area contributed by atoms with Crippen molar-refractivity contribution in [2.75, 3.05) is 12.8 Å². The van der Waals surface area contributed by atoms with Crippen molar-refractivity contribution in [2.24, 2.45) is 5.92 Å². The highest BCUT2D eigenvalue weighted by Gasteiger charge is 2.27. The largest absolute Gasteiger partial charge is 0.495 e. The number of pyridine rings is 1. The number of ether oxygens (including phenoxy) is 1. The van der Waals surface area contributed by atoms with Crippen molar-refractivity contribution >= 4 is 17.4 Å². The van der Waals surface area contributed by atoms with Gasteiger partial charge in [-0.15, -0.1) is 0 Å². The molecule has 0 aliphatic heterocycles. The average Bonchev–Trinajstić information content (AvgIpc) is 3.15. The van der Waals surface area contributed by atoms with Crippen LogP contribution in [0.25, 0.3) is 16.8 Å². The van der Waals surface area contributed by atoms with Crippen LogP contribution in [0.3, 0.4) is 0 Å². The minimum absolute atomic E-state index is 0.246. The molecule has 152 valence electrons. The number of aliphatic carboxylic acids is 1. The Hall–Kier alpha value is -3.16. The summed E-state index contributed by atoms with van der Waals surface area (Å²) >= 11 is 0. The van der Waals surface area contributed by atoms with Crippen molar-refractivity contribution in [3.8, 4) is 16.9 Å². The first-order valence-electron chi connectivity index (χ1n) is 9.82. The molecule has 3 heterocycles. The van der Waals surface area contributed by atoms with Crippen LogP contribution in [0.1, 0.15) is 49.3 Å². The van der Waals surface area contributed by atoms with Gasteiger partial charge in [0.2, 0.25) is 0 Å². The molecule has 0 aromatic carbocycles. The lowest BCUT2D eigenvalue weighted by Gasteiger charge is -2.28. The highest BCUT2D eigenvalue weighted by Crippen LogP contribution is 2.39. The zero-order valence-electron chi connectivity index (χ0n) is 16.6. The Labute approximate surface area is 168 Å². The number of methoxy groups -OCH3 is 1. The van der Waals surface area contributed by atoms with Crippen molar-refractivity contribution in [1.82, 2.24) is 19.6 Å². The van der Waals surface area contributed by atoms with Gasteiger partial charge < -0.3 is 15.6 Å². The number of nitrogen functional groups attached to an aromatic ring is 1. The van der Waals surface area contributed by atoms with E-state index in [0.717, 1.165) is 48.1 Å². The van der Waals surface area contributed by atoms with Gasteiger partial charge in [-0.25, -0.2) is 4.98 Å². The fraction of sp³-hybridized carbons (Fsp3) is 0.429. The normalized spacial score (nSPS) is 19.4. The second kappa shape index (κ2) is 7.69. The Kier molecular flexibility index (Phi) is 5.08. The molecule has 0 bridgehead atoms. The summed E-state index contributed by atoms with van der Waals surface area (Å²) in [7, 11) is 1.61. The third-order valence-electron chi connectivity index (χ3n) is 5.92. The molecule has 0 unspecified atom stereocenters. The predicted octanol–water partition coefficient (Wildman–Crippen LogP) is 3.44. The molecule has 1 aliphatic carbocycles. The van der Waals surface area contributed by atoms with E-state index in [1.807, 2.05) is 13.0 Å². The Bertz CT molecular complexity index is 1050. The van der Waals surface area contributed by atoms with Gasteiger partial charge in [0.1, 0.15) is 11.6 Å². The van der Waals surface area contributed by atoms with Crippen molar-refractivity contribution in [2.45, 2.75) is 44.9 Å². The molecule has 3 aromatic heterocycles. The molecule has 3 N–H and O–H groups in total. The van der Waals surface area contributed by atoms with E-state index >= 15 is 0 Å². The lowest BCUT2D eigenvalue weighted by atomic mass is 9.78. The van der Waals surface area contributed by atoms with Gasteiger partial charge in [-0.2, -0.15) is 9.61 Å². The lowest BCUT2D eigenvalue weighted by Crippen LogP contribution is -2.19. The van der Waals surface area contributed by atoms with Gasteiger partial charge in [-0.05, 0) is 44.6 Å². The predicted molar refractivity (Wildman–Crippen MR) is 109 cm³/mol. The van der Waals surface area contributed by atoms with Crippen LogP contribution < -0.4 is 10.5 Å². The monoisotopic (exact) mass is 395 g/mol. The number of carboxylic acid groups (broad SMARTS) is 1. The number of fused-ring (bicyclic) bond motifs is 1. The van der Waals surface area contributed by atoms with E-state index < -0.39 is 5.97 Å². The smallest absolute Gasteiger partial charge is 0.303 e. The summed E-state index contributed by atoms with van der Waals surface area (Å²) in [5.41, 5.74) is 10.8. The van der Waals surface area contributed by atoms with E-state index in [-0.39, 0.29) is 18.3 Å². The lowest BCUT2D eigenvalue weighted by molar-refractivity contribution is -0.138. The Morgan fingerprint density at radius 1 is 1.28 bits per heavy atom. The SMILES string of the molecule is COc1cncc(-c2cnn3c(N)c(C)c(C4CCC(CC(=O)O)CC4)nc23)c1. The fourth-order valence-electron chi connectivity index (χ4n) is 4.28. The average molecular weight is 395 g/mol. The standard InChI is InChI=1S/C21H25N5O3/c1-12-19(14-5-3-13(4-6-14)7-18(27)28)25-21-17(11-24-26(21)20(12)22)15-8-16(29-2)10-23-9-15/h8-11,13-14H,3-7,22H2,1-2H3,(H,27,28). The first-order chi connectivity index (χ1) is 14.0. The van der Waals surface area contributed by atoms with E-state index in [9.17, 15) is 4.79 Å². The van der Waals surface area contributed by atoms with Gasteiger partial charge in [-0.3, -0.25) is 9.78 Å². The molecule has 8 heteroatoms. The van der Waals surface area contributed by atoms with Crippen molar-refractivity contribution in [3.05, 3.63) is 35.9 Å². The number of anilines is 1. The number of rotatable bonds is 5. The van der Waals surface area contributed by atoms with Crippen LogP contribution in [0.15, 0.2) is 24.7 Å². The van der Waals surface area contributed by atoms with Crippen LogP contribution in [0.5, 0.6) is 5.75 Å². The molecule has 0 atom stereocenters. The van der Waals surface area contributed by atoms with Gasteiger partial charge in [0.15, 0.2) is 5.65 Å². The number of aromatic nitrogens is 4. The topological polar surface area (TPSA) is 116 Å². The third-order valence-corrected chi connectivity index (χ3v) is 5.92. The van der Waals surface area contributed by atoms with Crippen LogP contribution in [0, 0.1) is 12.8 Å². The van der Waals surface area contributed by atoms with E-state index in [4.69, 9.17) is 20.6 Å². The number of carboxylic acids is 1. The Morgan fingerprint density at radius 3 is 2.72 bits per heavy atom. The molecular formula is C21H25N5O3. The van der Waals surface area contributed by atoms with Crippen molar-refractivity contribution < 1.29 is 14.6 Å². The zero-order valence-corrected chi connectivity index (χ0v) is 16.6. The molecule has 29 heavy (non-hydrogen) atoms. The van der Waals surface area contributed by atoms with Gasteiger partial charge in [-0.1, -0.05) is 0 Å². The summed E-state index contributed by atoms with van der Waals surface area (Å²) in [6.07, 6.45) is 9.05. The molecule has 4 rings (SSSR count). The minimum atomic E-state index is -0.718. The Morgan fingerprint density at radius 2 is 2.03 bits per heavy atom. The van der Waals surface area contributed by atoms with E-state index in [2.05, 4.69) is 10.1 Å². The van der Waals surface area contributed by atoms with Crippen LogP contribution in [0.2, 0.25) is 0 Å². The van der Waals surface area contributed by atoms with E-state index in [1.165, 1.54) is 0 Å². The van der Waals surface area contributed by atoms with Crippen LogP contribution in [-0.2, 0) is 4.79 Å². The van der Waals surface area contributed by atoms with Gasteiger partial charge in [0.25, 0.3) is 0 Å². The van der Waals surface area contributed by atoms with E-state index in [0.29, 0.717) is 17.2 Å². The second-order valence-electron chi connectivity index (χ2n) is 7.73. The Balaban J connectivity index is 1.71. The number of hydrogen-bond acceptors (Lipinski definition) is 6. The first-order valence-corrected chi connectivity index (χ1v) is 9.82. The quantitative estimate of drug-likeness (QED) is 0.680. The molecule has 0 radical (unpaired) electrons. The fourth-order valence-corrected chi connectivity index (χ4v) is 4.28. The maximum atomic E-state index is 11.0. The highest BCUT2D eigenvalue weighted by atomic mass is 16.5. The van der Waals surface area contributed by atoms with Crippen LogP contribution >= 0.6 is 0 Å². The number of hydrogen-bond donors (Lipinski definition) is 2. The number of carbonyl (C=O) groups is 1. The van der Waals surface area contributed by atoms with Gasteiger partial charge in [0, 0.05) is 35.2 Å². The summed E-state index contributed by atoms with van der Waals surface area (Å²) in [5.74, 6) is 1.06. The molecule has 3 aromatic rings. The van der Waals surface area contributed by atoms with Gasteiger partial charge >= 0.3 is 5.97 Å². The molecule has 1 fully saturated rings. The minimum Gasteiger partial charge on any atom is -0.495 e. The third kappa shape index (κ3) is 3.62. The first kappa shape index (κ1) is 19.2. The van der Waals surface area contributed by atoms with E-state index in [1.54, 1.807) is 30.2 Å². The molecule has 0 spiro atoms. The summed E-state index contributed by atoms with van der Waals surface area (Å²) in [4.78, 5) is 20.2. The van der Waals surface area contributed by atoms with Crippen LogP contribution in [0.4, 0.5) is 5.82 Å². The summed E-state index contributed by atoms with van der Waals surface area (Å²) in [6, 6.07) is 1.90. The maximum absolute atomic E-state index is 11.0. The number of nitrogens with two attached hydrogens (primary N) is 1. The summed E-state index contributed by atoms with van der Waals surface area (Å²) in [6.45, 7) is 1.98. The molecule has 0 amide bonds. The molecule has 0 saturated heterocycles. The second-order valence-corrected chi connectivity index (χ2v) is 7.73. The van der Waals surface area contributed by atoms with Crippen molar-refractivity contribution in [1.29, 1.82) is 0 Å². The molecule has 1 saturated carbocycles. The molecule has 8 nitrogen and oxygen atoms in total. The summed E-state index contributed by atoms with van der Waals surface area (Å²) in [5, 5.41) is 13.5. The molecule has 1 aliphatic rings. The van der Waals surface area contributed by atoms with Crippen LogP contribution in [-0.4, -0.2) is 37.8 Å².